The molecule has 20 heavy (non-hydrogen) atoms. The number of nitrogens with two attached hydrogens (primary N) is 1. The summed E-state index contributed by atoms with van der Waals surface area (Å²) in [6.07, 6.45) is 5.33. The van der Waals surface area contributed by atoms with E-state index in [1.54, 1.807) is 0 Å². The van der Waals surface area contributed by atoms with Gasteiger partial charge in [-0.1, -0.05) is 13.8 Å². The topological polar surface area (TPSA) is 67.6 Å². The Morgan fingerprint density at radius 1 is 1.50 bits per heavy atom. The highest BCUT2D eigenvalue weighted by molar-refractivity contribution is 5.84. The van der Waals surface area contributed by atoms with Crippen LogP contribution < -0.4 is 11.1 Å². The van der Waals surface area contributed by atoms with Gasteiger partial charge in [-0.25, -0.2) is 0 Å². The molecule has 0 aromatic rings. The monoisotopic (exact) mass is 283 g/mol. The molecule has 1 saturated heterocycles. The number of hydrogen-bond donors (Lipinski definition) is 2. The van der Waals surface area contributed by atoms with E-state index in [4.69, 9.17) is 10.5 Å². The highest BCUT2D eigenvalue weighted by atomic mass is 16.5. The third kappa shape index (κ3) is 3.32. The van der Waals surface area contributed by atoms with E-state index >= 15 is 0 Å². The molecule has 1 heterocycles. The number of amides is 1. The average molecular weight is 283 g/mol. The van der Waals surface area contributed by atoms with E-state index in [1.165, 1.54) is 0 Å². The minimum atomic E-state index is -0.502. The van der Waals surface area contributed by atoms with Crippen LogP contribution in [0.4, 0.5) is 0 Å². The fourth-order valence-electron chi connectivity index (χ4n) is 3.69. The number of hydrogen-bond acceptors (Lipinski definition) is 4. The second-order valence-corrected chi connectivity index (χ2v) is 6.12. The summed E-state index contributed by atoms with van der Waals surface area (Å²) in [5, 5.41) is 3.36. The molecule has 2 rings (SSSR count). The molecule has 116 valence electrons. The summed E-state index contributed by atoms with van der Waals surface area (Å²) in [5.41, 5.74) is 5.19. The van der Waals surface area contributed by atoms with Gasteiger partial charge < -0.3 is 15.8 Å². The van der Waals surface area contributed by atoms with Gasteiger partial charge in [0.1, 0.15) is 0 Å². The van der Waals surface area contributed by atoms with E-state index < -0.39 is 5.54 Å². The van der Waals surface area contributed by atoms with Crippen LogP contribution in [0.5, 0.6) is 0 Å². The van der Waals surface area contributed by atoms with Crippen LogP contribution in [-0.4, -0.2) is 54.7 Å². The van der Waals surface area contributed by atoms with Gasteiger partial charge in [-0.3, -0.25) is 9.69 Å². The third-order valence-corrected chi connectivity index (χ3v) is 4.85. The van der Waals surface area contributed by atoms with Gasteiger partial charge in [-0.15, -0.1) is 0 Å². The maximum atomic E-state index is 11.9. The van der Waals surface area contributed by atoms with Crippen LogP contribution >= 0.6 is 0 Å². The van der Waals surface area contributed by atoms with Crippen LogP contribution in [0.1, 0.15) is 46.0 Å². The Bertz CT molecular complexity index is 333. The lowest BCUT2D eigenvalue weighted by atomic mass is 9.77. The lowest BCUT2D eigenvalue weighted by Gasteiger charge is -2.45. The number of ether oxygens (including phenoxy) is 1. The van der Waals surface area contributed by atoms with Crippen molar-refractivity contribution in [1.82, 2.24) is 10.2 Å². The van der Waals surface area contributed by atoms with Gasteiger partial charge in [-0.05, 0) is 38.6 Å². The fourth-order valence-corrected chi connectivity index (χ4v) is 3.69. The summed E-state index contributed by atoms with van der Waals surface area (Å²) in [7, 11) is 0. The van der Waals surface area contributed by atoms with E-state index in [9.17, 15) is 4.79 Å². The van der Waals surface area contributed by atoms with E-state index in [0.29, 0.717) is 12.1 Å². The minimum Gasteiger partial charge on any atom is -0.376 e. The zero-order valence-corrected chi connectivity index (χ0v) is 12.9. The van der Waals surface area contributed by atoms with Crippen molar-refractivity contribution in [1.29, 1.82) is 0 Å². The molecule has 0 aromatic carbocycles. The molecule has 3 atom stereocenters. The van der Waals surface area contributed by atoms with E-state index in [2.05, 4.69) is 17.1 Å². The first-order chi connectivity index (χ1) is 9.61. The van der Waals surface area contributed by atoms with Gasteiger partial charge in [0, 0.05) is 19.1 Å². The number of primary amides is 1. The molecule has 0 aromatic heterocycles. The molecule has 1 aliphatic carbocycles. The molecule has 2 aliphatic rings. The molecule has 0 bridgehead atoms. The molecular weight excluding hydrogens is 254 g/mol. The Hall–Kier alpha value is -0.650. The Labute approximate surface area is 122 Å². The standard InChI is InChI=1S/C15H29N3O2/c1-3-13-11-18(8-9-20-13)12-6-5-7-15(10-12,14(16)19)17-4-2/h12-13,17H,3-11H2,1-2H3,(H2,16,19). The third-order valence-electron chi connectivity index (χ3n) is 4.85. The molecule has 1 aliphatic heterocycles. The summed E-state index contributed by atoms with van der Waals surface area (Å²) in [4.78, 5) is 14.4. The second kappa shape index (κ2) is 6.87. The molecule has 5 heteroatoms. The van der Waals surface area contributed by atoms with E-state index in [0.717, 1.165) is 58.3 Å². The van der Waals surface area contributed by atoms with Crippen LogP contribution in [0.2, 0.25) is 0 Å². The van der Waals surface area contributed by atoms with Crippen LogP contribution in [0.3, 0.4) is 0 Å². The molecular formula is C15H29N3O2. The van der Waals surface area contributed by atoms with Gasteiger partial charge in [0.25, 0.3) is 0 Å². The quantitative estimate of drug-likeness (QED) is 0.786. The fraction of sp³-hybridized carbons (Fsp3) is 0.933. The number of carbonyl (C=O) groups excluding carboxylic acids is 1. The van der Waals surface area contributed by atoms with Crippen LogP contribution in [0, 0.1) is 0 Å². The zero-order chi connectivity index (χ0) is 14.6. The Morgan fingerprint density at radius 3 is 2.95 bits per heavy atom. The molecule has 1 amide bonds. The average Bonchev–Trinajstić information content (AvgIpc) is 2.48. The van der Waals surface area contributed by atoms with Crippen molar-refractivity contribution < 1.29 is 9.53 Å². The largest absolute Gasteiger partial charge is 0.376 e. The maximum Gasteiger partial charge on any atom is 0.237 e. The molecule has 1 saturated carbocycles. The number of nitrogens with zero attached hydrogens (tertiary/aromatic N) is 1. The highest BCUT2D eigenvalue weighted by Crippen LogP contribution is 2.32. The predicted octanol–water partition coefficient (Wildman–Crippen LogP) is 0.873. The van der Waals surface area contributed by atoms with Crippen molar-refractivity contribution in [2.45, 2.75) is 63.6 Å². The smallest absolute Gasteiger partial charge is 0.237 e. The number of nitrogens with one attached hydrogen (secondary N) is 1. The Balaban J connectivity index is 2.03. The maximum absolute atomic E-state index is 11.9. The SMILES string of the molecule is CCNC1(C(N)=O)CCCC(N2CCOC(CC)C2)C1. The van der Waals surface area contributed by atoms with E-state index in [-0.39, 0.29) is 5.91 Å². The first-order valence-corrected chi connectivity index (χ1v) is 8.02. The lowest BCUT2D eigenvalue weighted by molar-refractivity contribution is -0.127. The molecule has 0 spiro atoms. The van der Waals surface area contributed by atoms with Crippen molar-refractivity contribution in [3.8, 4) is 0 Å². The Morgan fingerprint density at radius 2 is 2.30 bits per heavy atom. The first-order valence-electron chi connectivity index (χ1n) is 8.02. The van der Waals surface area contributed by atoms with Gasteiger partial charge in [0.15, 0.2) is 0 Å². The molecule has 2 fully saturated rings. The first kappa shape index (κ1) is 15.7. The van der Waals surface area contributed by atoms with Crippen LogP contribution in [-0.2, 0) is 9.53 Å². The molecule has 3 unspecified atom stereocenters. The summed E-state index contributed by atoms with van der Waals surface area (Å²) >= 11 is 0. The number of likely N-dealkylation sites (N-methyl/N-ethyl adjacent to an activating group) is 1. The summed E-state index contributed by atoms with van der Waals surface area (Å²) in [6, 6.07) is 0.452. The Kier molecular flexibility index (Phi) is 5.41. The van der Waals surface area contributed by atoms with Crippen LogP contribution in [0.25, 0.3) is 0 Å². The highest BCUT2D eigenvalue weighted by Gasteiger charge is 2.42. The normalized spacial score (nSPS) is 35.9. The second-order valence-electron chi connectivity index (χ2n) is 6.12. The van der Waals surface area contributed by atoms with Crippen molar-refractivity contribution in [2.75, 3.05) is 26.2 Å². The van der Waals surface area contributed by atoms with Gasteiger partial charge >= 0.3 is 0 Å². The van der Waals surface area contributed by atoms with Gasteiger partial charge in [-0.2, -0.15) is 0 Å². The van der Waals surface area contributed by atoms with Crippen molar-refractivity contribution in [3.05, 3.63) is 0 Å². The summed E-state index contributed by atoms with van der Waals surface area (Å²) in [5.74, 6) is -0.190. The zero-order valence-electron chi connectivity index (χ0n) is 12.9. The lowest BCUT2D eigenvalue weighted by Crippen LogP contribution is -2.61. The predicted molar refractivity (Wildman–Crippen MR) is 79.5 cm³/mol. The van der Waals surface area contributed by atoms with Gasteiger partial charge in [0.2, 0.25) is 5.91 Å². The van der Waals surface area contributed by atoms with Crippen molar-refractivity contribution in [2.24, 2.45) is 5.73 Å². The van der Waals surface area contributed by atoms with Gasteiger partial charge in [0.05, 0.1) is 18.2 Å². The van der Waals surface area contributed by atoms with Crippen LogP contribution in [0.15, 0.2) is 0 Å². The number of morpholine rings is 1. The molecule has 0 radical (unpaired) electrons. The summed E-state index contributed by atoms with van der Waals surface area (Å²) < 4.78 is 5.75. The van der Waals surface area contributed by atoms with E-state index in [1.807, 2.05) is 6.92 Å². The van der Waals surface area contributed by atoms with Crippen molar-refractivity contribution in [3.63, 3.8) is 0 Å². The molecule has 5 nitrogen and oxygen atoms in total. The molecule has 3 N–H and O–H groups in total. The minimum absolute atomic E-state index is 0.190. The van der Waals surface area contributed by atoms with Crippen molar-refractivity contribution >= 4 is 5.91 Å². The summed E-state index contributed by atoms with van der Waals surface area (Å²) in [6.45, 7) is 7.76. The number of rotatable bonds is 5. The number of carbonyl (C=O) groups is 1.